The van der Waals surface area contributed by atoms with Gasteiger partial charge < -0.3 is 18.2 Å². The largest absolute Gasteiger partial charge is 3.00 e. The van der Waals surface area contributed by atoms with Crippen molar-refractivity contribution in [2.75, 3.05) is 0 Å². The van der Waals surface area contributed by atoms with Crippen LogP contribution in [0.1, 0.15) is 0 Å². The molecule has 0 bridgehead atoms. The molecule has 0 aliphatic carbocycles. The van der Waals surface area contributed by atoms with E-state index in [1.807, 2.05) is 0 Å². The molecule has 0 rings (SSSR count). The molecule has 0 amide bonds. The summed E-state index contributed by atoms with van der Waals surface area (Å²) in [4.78, 5) is 0. The van der Waals surface area contributed by atoms with Gasteiger partial charge >= 0.3 is 84.1 Å². The van der Waals surface area contributed by atoms with Gasteiger partial charge in [-0.1, -0.05) is 0 Å². The van der Waals surface area contributed by atoms with E-state index in [0.29, 0.717) is 0 Å². The van der Waals surface area contributed by atoms with Crippen LogP contribution in [0, 0.1) is 0 Å². The van der Waals surface area contributed by atoms with Gasteiger partial charge in [0.2, 0.25) is 0 Å². The summed E-state index contributed by atoms with van der Waals surface area (Å²) in [5.74, 6) is 0. The summed E-state index contributed by atoms with van der Waals surface area (Å²) in [7, 11) is -10.3. The molecule has 0 aromatic heterocycles. The normalized spacial score (nSPS) is 9.67. The molecule has 12 heavy (non-hydrogen) atoms. The Morgan fingerprint density at radius 3 is 0.667 bits per heavy atom. The van der Waals surface area contributed by atoms with E-state index in [9.17, 15) is 0 Å². The fourth-order valence-corrected chi connectivity index (χ4v) is 0. The van der Waals surface area contributed by atoms with E-state index in [0.717, 1.165) is 0 Å². The number of hydrogen-bond acceptors (Lipinski definition) is 8. The molecule has 0 fully saturated rings. The summed E-state index contributed by atoms with van der Waals surface area (Å²) in [6, 6.07) is 0. The average Bonchev–Trinajstić information content (AvgIpc) is 1.12. The van der Waals surface area contributed by atoms with Gasteiger partial charge in [0, 0.05) is 20.8 Å². The Kier molecular flexibility index (Phi) is 20.0. The number of hydrogen-bond donors (Lipinski definition) is 0. The third kappa shape index (κ3) is 267. The number of rotatable bonds is 0. The minimum absolute atomic E-state index is 0. The average molecular weight is 320 g/mol. The quantitative estimate of drug-likeness (QED) is 0.242. The van der Waals surface area contributed by atoms with Gasteiger partial charge in [0.25, 0.3) is 0 Å². The summed E-state index contributed by atoms with van der Waals surface area (Å²) < 4.78 is 68.2. The molecule has 0 aliphatic heterocycles. The van der Waals surface area contributed by atoms with Crippen LogP contribution in [-0.4, -0.2) is 35.0 Å². The van der Waals surface area contributed by atoms with Gasteiger partial charge in [-0.15, -0.1) is 0 Å². The molecule has 0 unspecified atom stereocenters. The zero-order chi connectivity index (χ0) is 9.00. The predicted molar refractivity (Wildman–Crippen MR) is 20.9 cm³/mol. The molecule has 0 aliphatic rings. The van der Waals surface area contributed by atoms with Crippen LogP contribution in [-0.2, 0) is 53.5 Å². The molecule has 64 valence electrons. The van der Waals surface area contributed by atoms with Gasteiger partial charge in [-0.25, -0.2) is 0 Å². The van der Waals surface area contributed by atoms with Gasteiger partial charge in [0.1, 0.15) is 0 Å². The Hall–Kier alpha value is 2.48. The Bertz CT molecular complexity index is 213. The molecule has 0 atom stereocenters. The Balaban J connectivity index is -0.0000000457. The van der Waals surface area contributed by atoms with Crippen molar-refractivity contribution in [2.24, 2.45) is 0 Å². The van der Waals surface area contributed by atoms with Crippen molar-refractivity contribution in [3.63, 3.8) is 0 Å². The maximum absolute atomic E-state index is 8.52. The second-order valence-electron chi connectivity index (χ2n) is 0.816. The van der Waals surface area contributed by atoms with E-state index in [1.54, 1.807) is 0 Å². The fourth-order valence-electron chi connectivity index (χ4n) is 0. The molecule has 0 aromatic rings. The summed E-state index contributed by atoms with van der Waals surface area (Å²) in [6.07, 6.45) is 0. The zero-order valence-electron chi connectivity index (χ0n) is 5.66. The molecule has 0 aromatic carbocycles. The maximum atomic E-state index is 8.52. The van der Waals surface area contributed by atoms with E-state index in [1.165, 1.54) is 0 Å². The van der Waals surface area contributed by atoms with Crippen molar-refractivity contribution >= 4 is 20.8 Å². The predicted octanol–water partition coefficient (Wildman–Crippen LogP) is -5.67. The summed E-state index contributed by atoms with van der Waals surface area (Å²) in [5.41, 5.74) is 0. The van der Waals surface area contributed by atoms with Crippen molar-refractivity contribution in [1.29, 1.82) is 0 Å². The first kappa shape index (κ1) is 24.0. The molecule has 0 heterocycles. The van der Waals surface area contributed by atoms with Crippen molar-refractivity contribution in [2.45, 2.75) is 0 Å². The summed E-state index contributed by atoms with van der Waals surface area (Å²) in [5, 5.41) is 0. The Labute approximate surface area is 137 Å². The topological polar surface area (TPSA) is 161 Å². The van der Waals surface area contributed by atoms with Crippen molar-refractivity contribution < 1.29 is 119 Å². The minimum atomic E-state index is -5.17. The van der Waals surface area contributed by atoms with Crippen LogP contribution in [0.3, 0.4) is 0 Å². The molecule has 8 nitrogen and oxygen atoms in total. The molecular formula is KO8S2Y. The van der Waals surface area contributed by atoms with Gasteiger partial charge in [0.15, 0.2) is 0 Å². The molecule has 12 heteroatoms. The minimum Gasteiger partial charge on any atom is -0.759 e. The fraction of sp³-hybridized carbons (Fsp3) is 0. The van der Waals surface area contributed by atoms with E-state index in [4.69, 9.17) is 35.0 Å². The monoisotopic (exact) mass is 320 g/mol. The van der Waals surface area contributed by atoms with Gasteiger partial charge in [-0.3, -0.25) is 16.8 Å². The molecular weight excluding hydrogens is 320 g/mol. The molecule has 0 N–H and O–H groups in total. The van der Waals surface area contributed by atoms with E-state index >= 15 is 0 Å². The zero-order valence-corrected chi connectivity index (χ0v) is 13.3. The third-order valence-corrected chi connectivity index (χ3v) is 0. The summed E-state index contributed by atoms with van der Waals surface area (Å²) >= 11 is 0. The molecule has 0 saturated heterocycles. The smallest absolute Gasteiger partial charge is 0.759 e. The third-order valence-electron chi connectivity index (χ3n) is 0. The van der Waals surface area contributed by atoms with Crippen LogP contribution >= 0.6 is 0 Å². The van der Waals surface area contributed by atoms with Crippen LogP contribution in [0.2, 0.25) is 0 Å². The van der Waals surface area contributed by atoms with Crippen LogP contribution in [0.25, 0.3) is 0 Å². The van der Waals surface area contributed by atoms with Gasteiger partial charge in [-0.2, -0.15) is 0 Å². The first-order valence-corrected chi connectivity index (χ1v) is 4.00. The standard InChI is InChI=1S/K.2H2O4S.Y/c;2*1-5(2,3)4;/h;2*(H2,1,2,3,4);/q+1;;;+3/p-4. The van der Waals surface area contributed by atoms with Gasteiger partial charge in [-0.05, 0) is 0 Å². The van der Waals surface area contributed by atoms with Crippen LogP contribution < -0.4 is 51.4 Å². The van der Waals surface area contributed by atoms with Crippen LogP contribution in [0.15, 0.2) is 0 Å². The Morgan fingerprint density at radius 1 is 0.667 bits per heavy atom. The summed E-state index contributed by atoms with van der Waals surface area (Å²) in [6.45, 7) is 0. The second kappa shape index (κ2) is 10.0. The van der Waals surface area contributed by atoms with E-state index in [2.05, 4.69) is 0 Å². The first-order valence-electron chi connectivity index (χ1n) is 1.33. The molecule has 0 radical (unpaired) electrons. The van der Waals surface area contributed by atoms with Crippen molar-refractivity contribution in [3.8, 4) is 0 Å². The van der Waals surface area contributed by atoms with Gasteiger partial charge in [0.05, 0.1) is 0 Å². The molecule has 0 spiro atoms. The van der Waals surface area contributed by atoms with E-state index in [-0.39, 0.29) is 84.1 Å². The Morgan fingerprint density at radius 2 is 0.667 bits per heavy atom. The van der Waals surface area contributed by atoms with Crippen LogP contribution in [0.4, 0.5) is 0 Å². The van der Waals surface area contributed by atoms with E-state index < -0.39 is 20.8 Å². The molecule has 0 saturated carbocycles. The second-order valence-corrected chi connectivity index (χ2v) is 2.45. The SMILES string of the molecule is O=S(=O)([O-])[O-].O=S(=O)([O-])[O-].[K+].[Y+3]. The van der Waals surface area contributed by atoms with Crippen molar-refractivity contribution in [3.05, 3.63) is 0 Å². The van der Waals surface area contributed by atoms with Crippen molar-refractivity contribution in [1.82, 2.24) is 0 Å². The van der Waals surface area contributed by atoms with Crippen LogP contribution in [0.5, 0.6) is 0 Å². The first-order chi connectivity index (χ1) is 4.00. The maximum Gasteiger partial charge on any atom is 3.00 e.